The highest BCUT2D eigenvalue weighted by atomic mass is 16.5. The van der Waals surface area contributed by atoms with E-state index in [9.17, 15) is 9.59 Å². The number of carbonyl (C=O) groups excluding carboxylic acids is 2. The van der Waals surface area contributed by atoms with Gasteiger partial charge in [0.25, 0.3) is 11.8 Å². The highest BCUT2D eigenvalue weighted by Crippen LogP contribution is 2.38. The van der Waals surface area contributed by atoms with Crippen molar-refractivity contribution < 1.29 is 23.8 Å². The minimum atomic E-state index is -0.364. The number of anilines is 1. The van der Waals surface area contributed by atoms with Crippen LogP contribution < -0.4 is 24.5 Å². The maximum Gasteiger partial charge on any atom is 0.271 e. The molecule has 8 heteroatoms. The second-order valence-electron chi connectivity index (χ2n) is 8.42. The van der Waals surface area contributed by atoms with E-state index in [1.807, 2.05) is 48.5 Å². The van der Waals surface area contributed by atoms with Gasteiger partial charge in [-0.15, -0.1) is 0 Å². The molecule has 0 atom stereocenters. The molecular formula is C29H25N3O5. The number of hydrogen-bond donors (Lipinski definition) is 1. The van der Waals surface area contributed by atoms with Crippen LogP contribution in [-0.4, -0.2) is 39.4 Å². The van der Waals surface area contributed by atoms with Crippen molar-refractivity contribution in [3.05, 3.63) is 95.1 Å². The molecule has 5 rings (SSSR count). The summed E-state index contributed by atoms with van der Waals surface area (Å²) in [5.74, 6) is 1.18. The van der Waals surface area contributed by atoms with Crippen molar-refractivity contribution in [1.29, 1.82) is 0 Å². The van der Waals surface area contributed by atoms with Gasteiger partial charge in [-0.25, -0.2) is 5.43 Å². The number of hydrazone groups is 1. The van der Waals surface area contributed by atoms with Gasteiger partial charge in [0.1, 0.15) is 5.75 Å². The van der Waals surface area contributed by atoms with Gasteiger partial charge in [-0.1, -0.05) is 36.4 Å². The summed E-state index contributed by atoms with van der Waals surface area (Å²) in [6, 6.07) is 22.2. The maximum absolute atomic E-state index is 13.0. The first kappa shape index (κ1) is 23.9. The molecule has 1 heterocycles. The van der Waals surface area contributed by atoms with E-state index in [0.717, 1.165) is 22.0 Å². The first-order chi connectivity index (χ1) is 18.0. The smallest absolute Gasteiger partial charge is 0.271 e. The predicted molar refractivity (Wildman–Crippen MR) is 142 cm³/mol. The van der Waals surface area contributed by atoms with Gasteiger partial charge in [-0.3, -0.25) is 9.59 Å². The quantitative estimate of drug-likeness (QED) is 0.280. The van der Waals surface area contributed by atoms with Crippen LogP contribution in [0.3, 0.4) is 0 Å². The van der Waals surface area contributed by atoms with E-state index in [0.29, 0.717) is 40.5 Å². The first-order valence-corrected chi connectivity index (χ1v) is 11.6. The molecule has 0 saturated heterocycles. The van der Waals surface area contributed by atoms with Crippen LogP contribution in [0.4, 0.5) is 5.69 Å². The zero-order valence-electron chi connectivity index (χ0n) is 20.6. The lowest BCUT2D eigenvalue weighted by molar-refractivity contribution is 0.0953. The third-order valence-electron chi connectivity index (χ3n) is 6.31. The average molecular weight is 496 g/mol. The summed E-state index contributed by atoms with van der Waals surface area (Å²) >= 11 is 0. The molecule has 1 aliphatic rings. The Balaban J connectivity index is 1.27. The molecule has 0 unspecified atom stereocenters. The van der Waals surface area contributed by atoms with Crippen molar-refractivity contribution >= 4 is 34.5 Å². The van der Waals surface area contributed by atoms with Gasteiger partial charge in [0.2, 0.25) is 0 Å². The molecule has 0 saturated carbocycles. The fourth-order valence-electron chi connectivity index (χ4n) is 4.46. The normalized spacial score (nSPS) is 12.3. The Bertz CT molecular complexity index is 1520. The Hall–Kier alpha value is -4.85. The zero-order valence-corrected chi connectivity index (χ0v) is 20.6. The Labute approximate surface area is 214 Å². The van der Waals surface area contributed by atoms with Gasteiger partial charge < -0.3 is 19.1 Å². The van der Waals surface area contributed by atoms with E-state index in [1.165, 1.54) is 20.4 Å². The third kappa shape index (κ3) is 4.45. The van der Waals surface area contributed by atoms with Crippen LogP contribution in [0.15, 0.2) is 77.9 Å². The summed E-state index contributed by atoms with van der Waals surface area (Å²) in [7, 11) is 4.61. The number of hydrogen-bond acceptors (Lipinski definition) is 6. The Morgan fingerprint density at radius 1 is 0.892 bits per heavy atom. The summed E-state index contributed by atoms with van der Waals surface area (Å²) < 4.78 is 16.0. The zero-order chi connectivity index (χ0) is 25.9. The summed E-state index contributed by atoms with van der Waals surface area (Å²) in [5, 5.41) is 6.09. The number of rotatable bonds is 8. The molecule has 8 nitrogen and oxygen atoms in total. The number of amides is 2. The van der Waals surface area contributed by atoms with E-state index < -0.39 is 0 Å². The van der Waals surface area contributed by atoms with Crippen LogP contribution in [0.2, 0.25) is 0 Å². The largest absolute Gasteiger partial charge is 0.496 e. The summed E-state index contributed by atoms with van der Waals surface area (Å²) in [5.41, 5.74) is 6.11. The second kappa shape index (κ2) is 10.0. The molecule has 0 fully saturated rings. The monoisotopic (exact) mass is 495 g/mol. The number of nitrogens with zero attached hydrogens (tertiary/aromatic N) is 2. The van der Waals surface area contributed by atoms with E-state index in [4.69, 9.17) is 14.2 Å². The van der Waals surface area contributed by atoms with E-state index in [1.54, 1.807) is 36.3 Å². The molecule has 186 valence electrons. The van der Waals surface area contributed by atoms with Crippen molar-refractivity contribution in [2.45, 2.75) is 6.54 Å². The molecule has 4 aromatic rings. The fraction of sp³-hybridized carbons (Fsp3) is 0.138. The molecule has 0 spiro atoms. The molecule has 0 aliphatic carbocycles. The lowest BCUT2D eigenvalue weighted by Gasteiger charge is -2.18. The van der Waals surface area contributed by atoms with Crippen molar-refractivity contribution in [2.24, 2.45) is 5.10 Å². The van der Waals surface area contributed by atoms with Gasteiger partial charge in [-0.2, -0.15) is 5.10 Å². The van der Waals surface area contributed by atoms with Gasteiger partial charge in [0.05, 0.1) is 39.8 Å². The lowest BCUT2D eigenvalue weighted by Crippen LogP contribution is -2.26. The minimum Gasteiger partial charge on any atom is -0.496 e. The van der Waals surface area contributed by atoms with Crippen LogP contribution in [0, 0.1) is 0 Å². The number of nitrogens with one attached hydrogen (secondary N) is 1. The van der Waals surface area contributed by atoms with Crippen molar-refractivity contribution in [2.75, 3.05) is 26.2 Å². The topological polar surface area (TPSA) is 89.5 Å². The molecule has 4 aromatic carbocycles. The molecule has 37 heavy (non-hydrogen) atoms. The van der Waals surface area contributed by atoms with Crippen molar-refractivity contribution in [1.82, 2.24) is 5.43 Å². The number of carbonyl (C=O) groups is 2. The summed E-state index contributed by atoms with van der Waals surface area (Å²) in [6.45, 7) is 0.409. The van der Waals surface area contributed by atoms with Crippen LogP contribution in [0.25, 0.3) is 10.8 Å². The number of methoxy groups -OCH3 is 3. The molecular weight excluding hydrogens is 470 g/mol. The molecule has 1 N–H and O–H groups in total. The van der Waals surface area contributed by atoms with Gasteiger partial charge in [-0.05, 0) is 41.3 Å². The fourth-order valence-corrected chi connectivity index (χ4v) is 4.46. The number of benzene rings is 4. The third-order valence-corrected chi connectivity index (χ3v) is 6.31. The van der Waals surface area contributed by atoms with E-state index in [-0.39, 0.29) is 11.8 Å². The van der Waals surface area contributed by atoms with Crippen LogP contribution in [-0.2, 0) is 6.54 Å². The molecule has 2 amide bonds. The minimum absolute atomic E-state index is 0.0199. The standard InChI is InChI=1S/C29H25N3O5/c1-35-24-15-26(37-3)25(36-2)14-21(24)16-30-31-28(33)20-12-10-18(11-13-20)17-32-23-9-5-7-19-6-4-8-22(27(19)23)29(32)34/h4-16H,17H2,1-3H3,(H,31,33)/b30-16+. The molecule has 0 radical (unpaired) electrons. The van der Waals surface area contributed by atoms with Crippen LogP contribution >= 0.6 is 0 Å². The predicted octanol–water partition coefficient (Wildman–Crippen LogP) is 4.79. The van der Waals surface area contributed by atoms with E-state index >= 15 is 0 Å². The maximum atomic E-state index is 13.0. The molecule has 0 aromatic heterocycles. The van der Waals surface area contributed by atoms with Gasteiger partial charge in [0, 0.05) is 28.1 Å². The van der Waals surface area contributed by atoms with Crippen LogP contribution in [0.5, 0.6) is 17.2 Å². The lowest BCUT2D eigenvalue weighted by atomic mass is 10.1. The average Bonchev–Trinajstić information content (AvgIpc) is 3.21. The van der Waals surface area contributed by atoms with E-state index in [2.05, 4.69) is 10.5 Å². The summed E-state index contributed by atoms with van der Waals surface area (Å²) in [4.78, 5) is 27.4. The highest BCUT2D eigenvalue weighted by Gasteiger charge is 2.29. The summed E-state index contributed by atoms with van der Waals surface area (Å²) in [6.07, 6.45) is 1.48. The van der Waals surface area contributed by atoms with Crippen molar-refractivity contribution in [3.8, 4) is 17.2 Å². The Kier molecular flexibility index (Phi) is 6.47. The Morgan fingerprint density at radius 3 is 2.27 bits per heavy atom. The van der Waals surface area contributed by atoms with Gasteiger partial charge >= 0.3 is 0 Å². The van der Waals surface area contributed by atoms with Crippen molar-refractivity contribution in [3.63, 3.8) is 0 Å². The number of ether oxygens (including phenoxy) is 3. The molecule has 1 aliphatic heterocycles. The second-order valence-corrected chi connectivity index (χ2v) is 8.42. The Morgan fingerprint density at radius 2 is 1.57 bits per heavy atom. The first-order valence-electron chi connectivity index (χ1n) is 11.6. The van der Waals surface area contributed by atoms with Gasteiger partial charge in [0.15, 0.2) is 11.5 Å². The SMILES string of the molecule is COc1cc(OC)c(OC)cc1/C=N/NC(=O)c1ccc(CN2C(=O)c3cccc4cccc2c34)cc1. The molecule has 0 bridgehead atoms. The highest BCUT2D eigenvalue weighted by molar-refractivity contribution is 6.24. The van der Waals surface area contributed by atoms with Crippen LogP contribution in [0.1, 0.15) is 31.8 Å².